The van der Waals surface area contributed by atoms with Gasteiger partial charge in [-0.1, -0.05) is 35.3 Å². The van der Waals surface area contributed by atoms with Gasteiger partial charge in [0.15, 0.2) is 0 Å². The van der Waals surface area contributed by atoms with Gasteiger partial charge in [0, 0.05) is 37.2 Å². The molecule has 0 spiro atoms. The normalized spacial score (nSPS) is 18.8. The number of anilines is 1. The van der Waals surface area contributed by atoms with Gasteiger partial charge in [-0.2, -0.15) is 5.26 Å². The van der Waals surface area contributed by atoms with Gasteiger partial charge in [0.1, 0.15) is 11.8 Å². The van der Waals surface area contributed by atoms with Gasteiger partial charge in [-0.3, -0.25) is 14.7 Å². The first-order chi connectivity index (χ1) is 17.9. The van der Waals surface area contributed by atoms with Crippen LogP contribution >= 0.6 is 23.2 Å². The van der Waals surface area contributed by atoms with Crippen LogP contribution in [0.3, 0.4) is 0 Å². The number of β-amino-alcohol motifs (C(OH)–C–C–N with tert-alkyl or cyclic N) is 1. The van der Waals surface area contributed by atoms with Crippen LogP contribution in [0.25, 0.3) is 0 Å². The summed E-state index contributed by atoms with van der Waals surface area (Å²) >= 11 is 12.7. The summed E-state index contributed by atoms with van der Waals surface area (Å²) in [5, 5.41) is 24.2. The molecule has 0 bridgehead atoms. The number of aliphatic hydroxyl groups is 1. The van der Waals surface area contributed by atoms with E-state index in [2.05, 4.69) is 31.2 Å². The number of benzene rings is 2. The molecule has 2 fully saturated rings. The van der Waals surface area contributed by atoms with Crippen molar-refractivity contribution in [2.45, 2.75) is 31.0 Å². The number of nitrogens with one attached hydrogen (secondary N) is 1. The summed E-state index contributed by atoms with van der Waals surface area (Å²) in [4.78, 5) is 25.1. The van der Waals surface area contributed by atoms with Crippen molar-refractivity contribution in [2.75, 3.05) is 31.1 Å². The first-order valence-electron chi connectivity index (χ1n) is 12.2. The lowest BCUT2D eigenvalue weighted by Gasteiger charge is -2.44. The molecule has 5 rings (SSSR count). The topological polar surface area (TPSA) is 105 Å². The van der Waals surface area contributed by atoms with Crippen molar-refractivity contribution >= 4 is 34.8 Å². The number of hydrogen-bond donors (Lipinski definition) is 2. The second kappa shape index (κ2) is 11.0. The molecule has 2 N–H and O–H groups in total. The molecule has 0 unspecified atom stereocenters. The summed E-state index contributed by atoms with van der Waals surface area (Å²) in [5.41, 5.74) is 3.10. The minimum Gasteiger partial charge on any atom is -0.385 e. The number of halogens is 2. The van der Waals surface area contributed by atoms with Gasteiger partial charge < -0.3 is 15.3 Å². The molecule has 10 heteroatoms. The van der Waals surface area contributed by atoms with Crippen molar-refractivity contribution < 1.29 is 9.90 Å². The molecule has 2 aromatic carbocycles. The van der Waals surface area contributed by atoms with E-state index in [0.717, 1.165) is 24.1 Å². The highest BCUT2D eigenvalue weighted by molar-refractivity contribution is 6.33. The monoisotopic (exact) mass is 536 g/mol. The zero-order valence-corrected chi connectivity index (χ0v) is 21.5. The van der Waals surface area contributed by atoms with E-state index in [4.69, 9.17) is 23.2 Å². The number of aromatic nitrogens is 2. The molecule has 2 atom stereocenters. The lowest BCUT2D eigenvalue weighted by Crippen LogP contribution is -2.49. The minimum atomic E-state index is -0.857. The number of hydrogen-bond acceptors (Lipinski definition) is 7. The van der Waals surface area contributed by atoms with Gasteiger partial charge in [-0.05, 0) is 48.7 Å². The van der Waals surface area contributed by atoms with Crippen molar-refractivity contribution in [3.05, 3.63) is 87.4 Å². The highest BCUT2D eigenvalue weighted by Gasteiger charge is 2.31. The Morgan fingerprint density at radius 3 is 2.57 bits per heavy atom. The fourth-order valence-corrected chi connectivity index (χ4v) is 4.94. The highest BCUT2D eigenvalue weighted by Crippen LogP contribution is 2.36. The molecule has 190 valence electrons. The first-order valence-corrected chi connectivity index (χ1v) is 12.9. The van der Waals surface area contributed by atoms with Crippen LogP contribution in [0, 0.1) is 11.3 Å². The first kappa shape index (κ1) is 25.4. The van der Waals surface area contributed by atoms with Gasteiger partial charge in [-0.15, -0.1) is 0 Å². The second-order valence-corrected chi connectivity index (χ2v) is 10.2. The largest absolute Gasteiger partial charge is 0.385 e. The Balaban J connectivity index is 1.31. The predicted molar refractivity (Wildman–Crippen MR) is 142 cm³/mol. The Labute approximate surface area is 225 Å². The SMILES string of the molecule is N#Cc1ccc(N2CCN(C[C@@H](O)c3cnc(C(=O)NC4CC4)cn3)C[C@H]2c2ccc(Cl)cc2)c(Cl)c1. The summed E-state index contributed by atoms with van der Waals surface area (Å²) < 4.78 is 0. The average Bonchev–Trinajstić information content (AvgIpc) is 3.73. The smallest absolute Gasteiger partial charge is 0.271 e. The Morgan fingerprint density at radius 1 is 1.14 bits per heavy atom. The molecule has 1 aliphatic heterocycles. The molecular formula is C27H26Cl2N6O2. The van der Waals surface area contributed by atoms with Crippen molar-refractivity contribution in [1.82, 2.24) is 20.2 Å². The van der Waals surface area contributed by atoms with Crippen LogP contribution < -0.4 is 10.2 Å². The molecule has 1 amide bonds. The van der Waals surface area contributed by atoms with E-state index in [1.807, 2.05) is 30.3 Å². The molecular weight excluding hydrogens is 511 g/mol. The maximum absolute atomic E-state index is 12.2. The summed E-state index contributed by atoms with van der Waals surface area (Å²) in [6.07, 6.45) is 4.02. The number of carbonyl (C=O) groups excluding carboxylic acids is 1. The maximum Gasteiger partial charge on any atom is 0.271 e. The van der Waals surface area contributed by atoms with Crippen LogP contribution in [0.15, 0.2) is 54.9 Å². The fourth-order valence-electron chi connectivity index (χ4n) is 4.53. The van der Waals surface area contributed by atoms with Crippen molar-refractivity contribution in [3.63, 3.8) is 0 Å². The zero-order chi connectivity index (χ0) is 25.9. The Bertz CT molecular complexity index is 1310. The molecule has 1 aliphatic carbocycles. The summed E-state index contributed by atoms with van der Waals surface area (Å²) in [6, 6.07) is 15.4. The molecule has 37 heavy (non-hydrogen) atoms. The summed E-state index contributed by atoms with van der Waals surface area (Å²) in [5.74, 6) is -0.237. The number of aliphatic hydroxyl groups excluding tert-OH is 1. The third-order valence-electron chi connectivity index (χ3n) is 6.70. The van der Waals surface area contributed by atoms with Crippen molar-refractivity contribution in [3.8, 4) is 6.07 Å². The number of rotatable bonds is 7. The van der Waals surface area contributed by atoms with Crippen LogP contribution in [0.5, 0.6) is 0 Å². The molecule has 2 aliphatic rings. The molecule has 8 nitrogen and oxygen atoms in total. The van der Waals surface area contributed by atoms with E-state index in [1.165, 1.54) is 12.4 Å². The number of nitrogens with zero attached hydrogens (tertiary/aromatic N) is 5. The van der Waals surface area contributed by atoms with Crippen LogP contribution in [0.4, 0.5) is 5.69 Å². The van der Waals surface area contributed by atoms with Crippen molar-refractivity contribution in [1.29, 1.82) is 5.26 Å². The Hall–Kier alpha value is -3.22. The van der Waals surface area contributed by atoms with E-state index in [1.54, 1.807) is 12.1 Å². The molecule has 2 heterocycles. The predicted octanol–water partition coefficient (Wildman–Crippen LogP) is 4.14. The lowest BCUT2D eigenvalue weighted by molar-refractivity contribution is 0.0935. The Morgan fingerprint density at radius 2 is 1.92 bits per heavy atom. The van der Waals surface area contributed by atoms with E-state index in [-0.39, 0.29) is 23.7 Å². The van der Waals surface area contributed by atoms with Crippen LogP contribution in [-0.4, -0.2) is 58.1 Å². The third-order valence-corrected chi connectivity index (χ3v) is 7.25. The quantitative estimate of drug-likeness (QED) is 0.467. The van der Waals surface area contributed by atoms with Gasteiger partial charge in [0.2, 0.25) is 0 Å². The highest BCUT2D eigenvalue weighted by atomic mass is 35.5. The van der Waals surface area contributed by atoms with E-state index in [0.29, 0.717) is 47.5 Å². The van der Waals surface area contributed by atoms with Gasteiger partial charge >= 0.3 is 0 Å². The lowest BCUT2D eigenvalue weighted by atomic mass is 10.0. The van der Waals surface area contributed by atoms with Gasteiger partial charge in [0.25, 0.3) is 5.91 Å². The van der Waals surface area contributed by atoms with Crippen molar-refractivity contribution in [2.24, 2.45) is 0 Å². The standard InChI is InChI=1S/C27H26Cl2N6O2/c28-19-4-2-18(3-5-19)25-15-34(9-10-35(25)24-8-1-17(12-30)11-21(24)29)16-26(36)22-13-32-23(14-31-22)27(37)33-20-6-7-20/h1-5,8,11,13-14,20,25-26,36H,6-7,9-10,15-16H2,(H,33,37)/t25-,26+/m0/s1. The van der Waals surface area contributed by atoms with Gasteiger partial charge in [0.05, 0.1) is 46.5 Å². The van der Waals surface area contributed by atoms with Crippen LogP contribution in [0.2, 0.25) is 10.0 Å². The van der Waals surface area contributed by atoms with E-state index >= 15 is 0 Å². The Kier molecular flexibility index (Phi) is 7.58. The van der Waals surface area contributed by atoms with Gasteiger partial charge in [-0.25, -0.2) is 4.98 Å². The molecule has 1 saturated carbocycles. The average molecular weight is 537 g/mol. The van der Waals surface area contributed by atoms with Crippen LogP contribution in [0.1, 0.15) is 52.3 Å². The summed E-state index contributed by atoms with van der Waals surface area (Å²) in [7, 11) is 0. The second-order valence-electron chi connectivity index (χ2n) is 9.39. The van der Waals surface area contributed by atoms with E-state index < -0.39 is 6.10 Å². The number of carbonyl (C=O) groups is 1. The molecule has 0 radical (unpaired) electrons. The van der Waals surface area contributed by atoms with E-state index in [9.17, 15) is 15.2 Å². The molecule has 1 saturated heterocycles. The fraction of sp³-hybridized carbons (Fsp3) is 0.333. The number of nitriles is 1. The zero-order valence-electron chi connectivity index (χ0n) is 20.0. The minimum absolute atomic E-state index is 0.0526. The maximum atomic E-state index is 12.2. The summed E-state index contributed by atoms with van der Waals surface area (Å²) in [6.45, 7) is 2.34. The van der Waals surface area contributed by atoms with Crippen LogP contribution in [-0.2, 0) is 0 Å². The number of amides is 1. The third kappa shape index (κ3) is 6.03. The number of piperazine rings is 1. The molecule has 1 aromatic heterocycles. The molecule has 3 aromatic rings.